The Kier molecular flexibility index (Phi) is 2.48. The topological polar surface area (TPSA) is 105 Å². The summed E-state index contributed by atoms with van der Waals surface area (Å²) in [4.78, 5) is 33.8. The average Bonchev–Trinajstić information content (AvgIpc) is 2.12. The van der Waals surface area contributed by atoms with Crippen LogP contribution in [0.25, 0.3) is 0 Å². The maximum absolute atomic E-state index is 11.0. The van der Waals surface area contributed by atoms with Gasteiger partial charge in [0, 0.05) is 0 Å². The lowest BCUT2D eigenvalue weighted by molar-refractivity contribution is 0.414. The van der Waals surface area contributed by atoms with Crippen molar-refractivity contribution in [2.45, 2.75) is 6.54 Å². The lowest BCUT2D eigenvalue weighted by Crippen LogP contribution is -2.29. The summed E-state index contributed by atoms with van der Waals surface area (Å²) in [5, 5.41) is 11.5. The molecule has 1 aromatic rings. The van der Waals surface area contributed by atoms with Gasteiger partial charge in [-0.15, -0.1) is 11.3 Å². The molecule has 0 unspecified atom stereocenters. The highest BCUT2D eigenvalue weighted by atomic mass is 16.3. The first kappa shape index (κ1) is 9.73. The van der Waals surface area contributed by atoms with Crippen molar-refractivity contribution in [2.75, 3.05) is 0 Å². The van der Waals surface area contributed by atoms with Crippen LogP contribution < -0.4 is 11.2 Å². The SMILES string of the molecule is C#CCn1c(O)c(N=O)c(=O)[nH]c1=O. The van der Waals surface area contributed by atoms with Crippen LogP contribution in [0.2, 0.25) is 0 Å². The number of hydrogen-bond donors (Lipinski definition) is 2. The van der Waals surface area contributed by atoms with E-state index in [0.29, 0.717) is 4.57 Å². The number of nitrogens with zero attached hydrogens (tertiary/aromatic N) is 2. The third kappa shape index (κ3) is 1.40. The molecule has 0 aliphatic heterocycles. The Balaban J connectivity index is 3.62. The van der Waals surface area contributed by atoms with E-state index in [1.165, 1.54) is 0 Å². The van der Waals surface area contributed by atoms with E-state index in [4.69, 9.17) is 6.42 Å². The zero-order valence-corrected chi connectivity index (χ0v) is 6.85. The Bertz CT molecular complexity index is 519. The van der Waals surface area contributed by atoms with E-state index in [0.717, 1.165) is 0 Å². The summed E-state index contributed by atoms with van der Waals surface area (Å²) in [7, 11) is 0. The van der Waals surface area contributed by atoms with Crippen LogP contribution in [-0.2, 0) is 6.54 Å². The summed E-state index contributed by atoms with van der Waals surface area (Å²) < 4.78 is 0.651. The van der Waals surface area contributed by atoms with E-state index < -0.39 is 22.8 Å². The first-order chi connectivity index (χ1) is 6.61. The van der Waals surface area contributed by atoms with Crippen molar-refractivity contribution in [2.24, 2.45) is 5.18 Å². The number of aromatic nitrogens is 2. The Hall–Kier alpha value is -2.36. The minimum Gasteiger partial charge on any atom is -0.493 e. The first-order valence-corrected chi connectivity index (χ1v) is 3.44. The molecule has 14 heavy (non-hydrogen) atoms. The fraction of sp³-hybridized carbons (Fsp3) is 0.143. The van der Waals surface area contributed by atoms with E-state index in [2.05, 4.69) is 11.1 Å². The van der Waals surface area contributed by atoms with Crippen molar-refractivity contribution < 1.29 is 5.11 Å². The molecule has 2 N–H and O–H groups in total. The summed E-state index contributed by atoms with van der Waals surface area (Å²) in [6.45, 7) is -0.260. The molecular formula is C7H5N3O4. The van der Waals surface area contributed by atoms with E-state index >= 15 is 0 Å². The van der Waals surface area contributed by atoms with Crippen LogP contribution in [0.4, 0.5) is 5.69 Å². The van der Waals surface area contributed by atoms with E-state index in [1.807, 2.05) is 0 Å². The standard InChI is InChI=1S/C7H5N3O4/c1-2-3-10-6(12)4(9-14)5(11)8-7(10)13/h1,12H,3H2,(H,8,11,13). The second-order valence-corrected chi connectivity index (χ2v) is 2.31. The minimum absolute atomic E-state index is 0.260. The van der Waals surface area contributed by atoms with Gasteiger partial charge in [-0.2, -0.15) is 0 Å². The van der Waals surface area contributed by atoms with Crippen LogP contribution in [0.1, 0.15) is 0 Å². The second kappa shape index (κ2) is 3.57. The predicted octanol–water partition coefficient (Wildman–Crippen LogP) is -0.727. The number of aromatic amines is 1. The quantitative estimate of drug-likeness (QED) is 0.479. The molecule has 0 aromatic carbocycles. The fourth-order valence-corrected chi connectivity index (χ4v) is 0.870. The lowest BCUT2D eigenvalue weighted by Gasteiger charge is -2.03. The molecule has 0 bridgehead atoms. The smallest absolute Gasteiger partial charge is 0.332 e. The molecule has 72 valence electrons. The van der Waals surface area contributed by atoms with Gasteiger partial charge in [0.05, 0.1) is 6.54 Å². The molecule has 0 aliphatic carbocycles. The van der Waals surface area contributed by atoms with Crippen molar-refractivity contribution >= 4 is 5.69 Å². The largest absolute Gasteiger partial charge is 0.493 e. The van der Waals surface area contributed by atoms with Crippen LogP contribution in [0, 0.1) is 17.3 Å². The van der Waals surface area contributed by atoms with Gasteiger partial charge in [0.25, 0.3) is 5.56 Å². The van der Waals surface area contributed by atoms with Crippen LogP contribution in [0.3, 0.4) is 0 Å². The monoisotopic (exact) mass is 195 g/mol. The molecule has 1 heterocycles. The number of aromatic hydroxyl groups is 1. The van der Waals surface area contributed by atoms with Gasteiger partial charge in [-0.05, 0) is 5.18 Å². The normalized spacial score (nSPS) is 9.36. The van der Waals surface area contributed by atoms with E-state index in [1.54, 1.807) is 4.98 Å². The molecule has 0 radical (unpaired) electrons. The zero-order chi connectivity index (χ0) is 10.7. The summed E-state index contributed by atoms with van der Waals surface area (Å²) in [5.41, 5.74) is -2.70. The Morgan fingerprint density at radius 2 is 2.21 bits per heavy atom. The molecule has 0 amide bonds. The van der Waals surface area contributed by atoms with Crippen LogP contribution >= 0.6 is 0 Å². The fourth-order valence-electron chi connectivity index (χ4n) is 0.870. The third-order valence-corrected chi connectivity index (χ3v) is 1.49. The van der Waals surface area contributed by atoms with Crippen molar-refractivity contribution in [1.82, 2.24) is 9.55 Å². The zero-order valence-electron chi connectivity index (χ0n) is 6.85. The van der Waals surface area contributed by atoms with Gasteiger partial charge in [-0.3, -0.25) is 14.3 Å². The van der Waals surface area contributed by atoms with Gasteiger partial charge in [0.15, 0.2) is 0 Å². The third-order valence-electron chi connectivity index (χ3n) is 1.49. The Morgan fingerprint density at radius 3 is 2.71 bits per heavy atom. The summed E-state index contributed by atoms with van der Waals surface area (Å²) in [5.74, 6) is 1.25. The molecule has 7 heteroatoms. The van der Waals surface area contributed by atoms with Gasteiger partial charge in [-0.25, -0.2) is 4.79 Å². The number of rotatable bonds is 2. The van der Waals surface area contributed by atoms with Crippen LogP contribution in [-0.4, -0.2) is 14.7 Å². The molecule has 1 rings (SSSR count). The van der Waals surface area contributed by atoms with Crippen molar-refractivity contribution in [3.8, 4) is 18.2 Å². The average molecular weight is 195 g/mol. The van der Waals surface area contributed by atoms with Crippen molar-refractivity contribution in [3.63, 3.8) is 0 Å². The number of nitrogens with one attached hydrogen (secondary N) is 1. The highest BCUT2D eigenvalue weighted by Gasteiger charge is 2.13. The van der Waals surface area contributed by atoms with E-state index in [9.17, 15) is 19.6 Å². The van der Waals surface area contributed by atoms with Crippen molar-refractivity contribution in [3.05, 3.63) is 25.7 Å². The number of nitroso groups, excluding NO2 is 1. The molecule has 0 atom stereocenters. The Morgan fingerprint density at radius 1 is 1.57 bits per heavy atom. The van der Waals surface area contributed by atoms with Gasteiger partial charge in [0.1, 0.15) is 0 Å². The lowest BCUT2D eigenvalue weighted by atomic mass is 10.5. The molecule has 0 aliphatic rings. The first-order valence-electron chi connectivity index (χ1n) is 3.44. The van der Waals surface area contributed by atoms with E-state index in [-0.39, 0.29) is 6.54 Å². The molecule has 1 aromatic heterocycles. The molecule has 0 saturated carbocycles. The number of H-pyrrole nitrogens is 1. The highest BCUT2D eigenvalue weighted by molar-refractivity contribution is 5.43. The summed E-state index contributed by atoms with van der Waals surface area (Å²) in [6.07, 6.45) is 4.91. The van der Waals surface area contributed by atoms with Gasteiger partial charge < -0.3 is 5.11 Å². The Labute approximate surface area is 77.0 Å². The van der Waals surface area contributed by atoms with Crippen molar-refractivity contribution in [1.29, 1.82) is 0 Å². The molecular weight excluding hydrogens is 190 g/mol. The molecule has 0 fully saturated rings. The predicted molar refractivity (Wildman–Crippen MR) is 47.3 cm³/mol. The maximum atomic E-state index is 11.0. The molecule has 0 saturated heterocycles. The maximum Gasteiger partial charge on any atom is 0.332 e. The van der Waals surface area contributed by atoms with Gasteiger partial charge in [-0.1, -0.05) is 5.92 Å². The molecule has 7 nitrogen and oxygen atoms in total. The number of hydrogen-bond acceptors (Lipinski definition) is 5. The summed E-state index contributed by atoms with van der Waals surface area (Å²) >= 11 is 0. The summed E-state index contributed by atoms with van der Waals surface area (Å²) in [6, 6.07) is 0. The molecule has 0 spiro atoms. The van der Waals surface area contributed by atoms with Crippen LogP contribution in [0.15, 0.2) is 14.8 Å². The van der Waals surface area contributed by atoms with Gasteiger partial charge in [0.2, 0.25) is 11.6 Å². The number of terminal acetylenes is 1. The second-order valence-electron chi connectivity index (χ2n) is 2.31. The highest BCUT2D eigenvalue weighted by Crippen LogP contribution is 2.17. The van der Waals surface area contributed by atoms with Crippen LogP contribution in [0.5, 0.6) is 5.88 Å². The minimum atomic E-state index is -1.05. The van der Waals surface area contributed by atoms with Gasteiger partial charge >= 0.3 is 5.69 Å².